The molecule has 1 aliphatic rings. The SMILES string of the molecule is Cc1cc(N2CCN(C(=O)NCc3cccnc3Oc3cccc(F)c3)CC2)nc(C(C)C)n1. The molecule has 178 valence electrons. The fraction of sp³-hybridized carbons (Fsp3) is 0.360. The molecule has 34 heavy (non-hydrogen) atoms. The van der Waals surface area contributed by atoms with E-state index in [9.17, 15) is 9.18 Å². The molecule has 9 heteroatoms. The number of hydrogen-bond acceptors (Lipinski definition) is 6. The zero-order valence-electron chi connectivity index (χ0n) is 19.7. The quantitative estimate of drug-likeness (QED) is 0.587. The summed E-state index contributed by atoms with van der Waals surface area (Å²) in [6.07, 6.45) is 1.60. The number of carbonyl (C=O) groups excluding carboxylic acids is 1. The van der Waals surface area contributed by atoms with Gasteiger partial charge >= 0.3 is 6.03 Å². The summed E-state index contributed by atoms with van der Waals surface area (Å²) < 4.78 is 19.2. The highest BCUT2D eigenvalue weighted by atomic mass is 19.1. The third kappa shape index (κ3) is 5.78. The predicted octanol–water partition coefficient (Wildman–Crippen LogP) is 4.27. The van der Waals surface area contributed by atoms with E-state index in [1.807, 2.05) is 19.1 Å². The van der Waals surface area contributed by atoms with Gasteiger partial charge in [0.1, 0.15) is 23.2 Å². The zero-order chi connectivity index (χ0) is 24.1. The number of anilines is 1. The van der Waals surface area contributed by atoms with E-state index in [0.29, 0.717) is 43.4 Å². The van der Waals surface area contributed by atoms with Crippen molar-refractivity contribution >= 4 is 11.8 Å². The van der Waals surface area contributed by atoms with Crippen LogP contribution in [0.2, 0.25) is 0 Å². The number of ether oxygens (including phenoxy) is 1. The fourth-order valence-electron chi connectivity index (χ4n) is 3.71. The van der Waals surface area contributed by atoms with Gasteiger partial charge in [-0.3, -0.25) is 0 Å². The van der Waals surface area contributed by atoms with Crippen LogP contribution in [0.1, 0.15) is 36.8 Å². The number of urea groups is 1. The first-order chi connectivity index (χ1) is 16.4. The molecule has 1 saturated heterocycles. The average Bonchev–Trinajstić information content (AvgIpc) is 2.83. The number of carbonyl (C=O) groups is 1. The van der Waals surface area contributed by atoms with E-state index in [1.54, 1.807) is 29.3 Å². The summed E-state index contributed by atoms with van der Waals surface area (Å²) in [7, 11) is 0. The van der Waals surface area contributed by atoms with Crippen LogP contribution in [-0.2, 0) is 6.54 Å². The second-order valence-electron chi connectivity index (χ2n) is 8.54. The van der Waals surface area contributed by atoms with E-state index < -0.39 is 0 Å². The normalized spacial score (nSPS) is 13.8. The molecule has 0 unspecified atom stereocenters. The first kappa shape index (κ1) is 23.4. The maximum Gasteiger partial charge on any atom is 0.317 e. The van der Waals surface area contributed by atoms with E-state index in [1.165, 1.54) is 12.1 Å². The van der Waals surface area contributed by atoms with E-state index in [-0.39, 0.29) is 24.3 Å². The van der Waals surface area contributed by atoms with Crippen molar-refractivity contribution in [2.24, 2.45) is 0 Å². The molecule has 1 aromatic carbocycles. The largest absolute Gasteiger partial charge is 0.439 e. The number of rotatable bonds is 6. The minimum atomic E-state index is -0.389. The highest BCUT2D eigenvalue weighted by Gasteiger charge is 2.23. The van der Waals surface area contributed by atoms with Crippen molar-refractivity contribution in [3.8, 4) is 11.6 Å². The summed E-state index contributed by atoms with van der Waals surface area (Å²) in [5, 5.41) is 2.94. The molecule has 0 atom stereocenters. The Labute approximate surface area is 198 Å². The highest BCUT2D eigenvalue weighted by Crippen LogP contribution is 2.23. The topological polar surface area (TPSA) is 83.5 Å². The molecular weight excluding hydrogens is 435 g/mol. The Morgan fingerprint density at radius 1 is 1.12 bits per heavy atom. The molecule has 0 radical (unpaired) electrons. The lowest BCUT2D eigenvalue weighted by Crippen LogP contribution is -2.52. The van der Waals surface area contributed by atoms with Crippen LogP contribution in [0.4, 0.5) is 15.0 Å². The number of nitrogens with one attached hydrogen (secondary N) is 1. The van der Waals surface area contributed by atoms with Crippen LogP contribution in [0.15, 0.2) is 48.7 Å². The third-order valence-corrected chi connectivity index (χ3v) is 5.56. The molecule has 8 nitrogen and oxygen atoms in total. The summed E-state index contributed by atoms with van der Waals surface area (Å²) >= 11 is 0. The van der Waals surface area contributed by atoms with Crippen molar-refractivity contribution in [1.29, 1.82) is 0 Å². The number of amides is 2. The Morgan fingerprint density at radius 3 is 2.65 bits per heavy atom. The van der Waals surface area contributed by atoms with Crippen molar-refractivity contribution in [3.05, 3.63) is 71.6 Å². The first-order valence-corrected chi connectivity index (χ1v) is 11.4. The zero-order valence-corrected chi connectivity index (χ0v) is 19.7. The van der Waals surface area contributed by atoms with E-state index >= 15 is 0 Å². The molecular formula is C25H29FN6O2. The monoisotopic (exact) mass is 464 g/mol. The second kappa shape index (κ2) is 10.5. The van der Waals surface area contributed by atoms with Gasteiger partial charge in [-0.15, -0.1) is 0 Å². The molecule has 2 amide bonds. The second-order valence-corrected chi connectivity index (χ2v) is 8.54. The molecule has 0 bridgehead atoms. The third-order valence-electron chi connectivity index (χ3n) is 5.56. The van der Waals surface area contributed by atoms with Crippen LogP contribution >= 0.6 is 0 Å². The van der Waals surface area contributed by atoms with Gasteiger partial charge in [-0.2, -0.15) is 0 Å². The van der Waals surface area contributed by atoms with Gasteiger partial charge in [0.15, 0.2) is 0 Å². The van der Waals surface area contributed by atoms with E-state index in [2.05, 4.69) is 34.0 Å². The number of hydrogen-bond donors (Lipinski definition) is 1. The van der Waals surface area contributed by atoms with Gasteiger partial charge in [0, 0.05) is 68.2 Å². The summed E-state index contributed by atoms with van der Waals surface area (Å²) in [6, 6.07) is 11.3. The minimum Gasteiger partial charge on any atom is -0.439 e. The summed E-state index contributed by atoms with van der Waals surface area (Å²) in [4.78, 5) is 30.2. The molecule has 4 rings (SSSR count). The lowest BCUT2D eigenvalue weighted by Gasteiger charge is -2.35. The van der Waals surface area contributed by atoms with Gasteiger partial charge < -0.3 is 19.9 Å². The standard InChI is InChI=1S/C25H29FN6O2/c1-17(2)23-29-18(3)14-22(30-23)31-10-12-32(13-11-31)25(33)28-16-19-6-5-9-27-24(19)34-21-8-4-7-20(26)15-21/h4-9,14-15,17H,10-13,16H2,1-3H3,(H,28,33). The number of benzene rings is 1. The maximum atomic E-state index is 13.5. The molecule has 0 aliphatic carbocycles. The molecule has 0 saturated carbocycles. The van der Waals surface area contributed by atoms with Gasteiger partial charge in [0.05, 0.1) is 0 Å². The fourth-order valence-corrected chi connectivity index (χ4v) is 3.71. The van der Waals surface area contributed by atoms with Crippen molar-refractivity contribution in [1.82, 2.24) is 25.2 Å². The lowest BCUT2D eigenvalue weighted by atomic mass is 10.2. The van der Waals surface area contributed by atoms with E-state index in [4.69, 9.17) is 9.72 Å². The smallest absolute Gasteiger partial charge is 0.317 e. The molecule has 2 aromatic heterocycles. The number of aromatic nitrogens is 3. The Hall–Kier alpha value is -3.75. The van der Waals surface area contributed by atoms with Gasteiger partial charge in [0.2, 0.25) is 5.88 Å². The minimum absolute atomic E-state index is 0.151. The van der Waals surface area contributed by atoms with Gasteiger partial charge in [0.25, 0.3) is 0 Å². The summed E-state index contributed by atoms with van der Waals surface area (Å²) in [5.41, 5.74) is 1.65. The van der Waals surface area contributed by atoms with Crippen LogP contribution in [0.25, 0.3) is 0 Å². The van der Waals surface area contributed by atoms with Gasteiger partial charge in [-0.05, 0) is 25.1 Å². The first-order valence-electron chi connectivity index (χ1n) is 11.4. The average molecular weight is 465 g/mol. The van der Waals surface area contributed by atoms with Gasteiger partial charge in [-0.1, -0.05) is 26.0 Å². The molecule has 3 heterocycles. The van der Waals surface area contributed by atoms with Gasteiger partial charge in [-0.25, -0.2) is 24.1 Å². The van der Waals surface area contributed by atoms with Crippen molar-refractivity contribution in [2.45, 2.75) is 33.2 Å². The molecule has 1 N–H and O–H groups in total. The van der Waals surface area contributed by atoms with Crippen molar-refractivity contribution in [2.75, 3.05) is 31.1 Å². The van der Waals surface area contributed by atoms with Crippen LogP contribution in [0.3, 0.4) is 0 Å². The van der Waals surface area contributed by atoms with Crippen LogP contribution in [-0.4, -0.2) is 52.1 Å². The number of halogens is 1. The Kier molecular flexibility index (Phi) is 7.20. The number of aryl methyl sites for hydroxylation is 1. The molecule has 1 aliphatic heterocycles. The number of pyridine rings is 1. The highest BCUT2D eigenvalue weighted by molar-refractivity contribution is 5.74. The Balaban J connectivity index is 1.33. The van der Waals surface area contributed by atoms with Crippen LogP contribution < -0.4 is 15.0 Å². The lowest BCUT2D eigenvalue weighted by molar-refractivity contribution is 0.193. The number of piperazine rings is 1. The van der Waals surface area contributed by atoms with E-state index in [0.717, 1.165) is 17.3 Å². The van der Waals surface area contributed by atoms with Crippen LogP contribution in [0, 0.1) is 12.7 Å². The molecule has 1 fully saturated rings. The summed E-state index contributed by atoms with van der Waals surface area (Å²) in [6.45, 7) is 8.96. The molecule has 3 aromatic rings. The van der Waals surface area contributed by atoms with Crippen molar-refractivity contribution in [3.63, 3.8) is 0 Å². The summed E-state index contributed by atoms with van der Waals surface area (Å²) in [5.74, 6) is 2.29. The maximum absolute atomic E-state index is 13.5. The Morgan fingerprint density at radius 2 is 1.91 bits per heavy atom. The molecule has 0 spiro atoms. The number of nitrogens with zero attached hydrogens (tertiary/aromatic N) is 5. The Bertz CT molecular complexity index is 1150. The predicted molar refractivity (Wildman–Crippen MR) is 128 cm³/mol. The van der Waals surface area contributed by atoms with Crippen molar-refractivity contribution < 1.29 is 13.9 Å². The van der Waals surface area contributed by atoms with Crippen LogP contribution in [0.5, 0.6) is 11.6 Å².